The van der Waals surface area contributed by atoms with Crippen molar-refractivity contribution in [3.8, 4) is 27.7 Å². The van der Waals surface area contributed by atoms with E-state index in [9.17, 15) is 23.9 Å². The van der Waals surface area contributed by atoms with Crippen LogP contribution in [0.4, 0.5) is 15.9 Å². The van der Waals surface area contributed by atoms with Gasteiger partial charge in [-0.15, -0.1) is 11.3 Å². The molecule has 0 unspecified atom stereocenters. The molecular formula is C54H61ClFN7O11S. The Bertz CT molecular complexity index is 2930. The maximum atomic E-state index is 14.2. The number of hydrogen-bond acceptors (Lipinski definition) is 16. The largest absolute Gasteiger partial charge is 0.493 e. The van der Waals surface area contributed by atoms with Crippen LogP contribution in [-0.2, 0) is 41.6 Å². The summed E-state index contributed by atoms with van der Waals surface area (Å²) in [4.78, 5) is 58.7. The first-order valence-electron chi connectivity index (χ1n) is 24.7. The van der Waals surface area contributed by atoms with E-state index >= 15 is 0 Å². The number of hydrogen-bond donors (Lipinski definition) is 3. The Labute approximate surface area is 443 Å². The average molecular weight is 1070 g/mol. The van der Waals surface area contributed by atoms with Crippen molar-refractivity contribution in [1.82, 2.24) is 30.1 Å². The minimum absolute atomic E-state index is 0.0103. The summed E-state index contributed by atoms with van der Waals surface area (Å²) in [5.74, 6) is 0.258. The van der Waals surface area contributed by atoms with Gasteiger partial charge in [0.1, 0.15) is 49.0 Å². The lowest BCUT2D eigenvalue weighted by molar-refractivity contribution is -0.143. The third-order valence-electron chi connectivity index (χ3n) is 12.7. The quantitative estimate of drug-likeness (QED) is 0.0430. The molecule has 75 heavy (non-hydrogen) atoms. The summed E-state index contributed by atoms with van der Waals surface area (Å²) in [6.07, 6.45) is 0.602. The fourth-order valence-corrected chi connectivity index (χ4v) is 9.92. The first-order valence-corrected chi connectivity index (χ1v) is 26.0. The van der Waals surface area contributed by atoms with Crippen LogP contribution in [-0.4, -0.2) is 145 Å². The monoisotopic (exact) mass is 1070 g/mol. The average Bonchev–Trinajstić information content (AvgIpc) is 4.12. The van der Waals surface area contributed by atoms with Gasteiger partial charge < -0.3 is 58.7 Å². The van der Waals surface area contributed by atoms with Crippen LogP contribution in [0.3, 0.4) is 0 Å². The van der Waals surface area contributed by atoms with Gasteiger partial charge in [0.25, 0.3) is 5.91 Å². The van der Waals surface area contributed by atoms with Crippen LogP contribution in [0.5, 0.6) is 17.2 Å². The highest BCUT2D eigenvalue weighted by Crippen LogP contribution is 2.36. The molecule has 4 heterocycles. The molecule has 6 aromatic rings. The first-order chi connectivity index (χ1) is 36.4. The molecule has 0 radical (unpaired) electrons. The van der Waals surface area contributed by atoms with Gasteiger partial charge in [-0.2, -0.15) is 0 Å². The molecule has 0 spiro atoms. The minimum Gasteiger partial charge on any atom is -0.493 e. The van der Waals surface area contributed by atoms with E-state index in [4.69, 9.17) is 44.8 Å². The number of aliphatic hydroxyl groups excluding tert-OH is 1. The van der Waals surface area contributed by atoms with Gasteiger partial charge in [0.2, 0.25) is 11.8 Å². The highest BCUT2D eigenvalue weighted by atomic mass is 35.5. The van der Waals surface area contributed by atoms with Gasteiger partial charge in [-0.1, -0.05) is 55.8 Å². The second-order valence-corrected chi connectivity index (χ2v) is 19.4. The number of fused-ring (bicyclic) bond motifs is 2. The number of halogens is 2. The van der Waals surface area contributed by atoms with Crippen molar-refractivity contribution in [2.75, 3.05) is 85.0 Å². The third-order valence-corrected chi connectivity index (χ3v) is 13.9. The molecular weight excluding hydrogens is 1010 g/mol. The molecule has 2 aliphatic heterocycles. The number of aryl methyl sites for hydroxylation is 1. The summed E-state index contributed by atoms with van der Waals surface area (Å²) in [5.41, 5.74) is 6.91. The second kappa shape index (κ2) is 26.3. The highest BCUT2D eigenvalue weighted by Gasteiger charge is 2.46. The van der Waals surface area contributed by atoms with E-state index in [2.05, 4.69) is 25.6 Å². The number of benzene rings is 4. The van der Waals surface area contributed by atoms with Gasteiger partial charge >= 0.3 is 0 Å². The number of nitrogens with one attached hydrogen (secondary N) is 2. The number of carbonyl (C=O) groups excluding carboxylic acids is 3. The molecule has 1 fully saturated rings. The molecule has 0 bridgehead atoms. The number of thiazole rings is 1. The van der Waals surface area contributed by atoms with Crippen LogP contribution in [0, 0.1) is 18.7 Å². The summed E-state index contributed by atoms with van der Waals surface area (Å²) in [7, 11) is 1.54. The lowest BCUT2D eigenvalue weighted by atomic mass is 10.0. The van der Waals surface area contributed by atoms with Crippen molar-refractivity contribution in [3.05, 3.63) is 118 Å². The molecule has 8 rings (SSSR count). The number of aromatic nitrogens is 3. The third kappa shape index (κ3) is 13.9. The van der Waals surface area contributed by atoms with Crippen molar-refractivity contribution in [1.29, 1.82) is 0 Å². The molecule has 2 aliphatic rings. The maximum Gasteiger partial charge on any atom is 0.255 e. The van der Waals surface area contributed by atoms with E-state index < -0.39 is 29.9 Å². The van der Waals surface area contributed by atoms with Crippen molar-refractivity contribution in [2.24, 2.45) is 5.92 Å². The Morgan fingerprint density at radius 3 is 2.20 bits per heavy atom. The zero-order valence-electron chi connectivity index (χ0n) is 42.2. The van der Waals surface area contributed by atoms with Crippen LogP contribution < -0.4 is 24.8 Å². The second-order valence-electron chi connectivity index (χ2n) is 18.1. The maximum absolute atomic E-state index is 14.2. The van der Waals surface area contributed by atoms with Gasteiger partial charge in [0.15, 0.2) is 11.5 Å². The SMILES string of the molecule is COc1cc2ncnc(Nc3ccc(F)c(Cl)c3)c2cc1OCCOCCOCCOCCOCCOc1cc(-c2scnc2C)ccc1CNC(=O)[C@@H]1C[C@@H](O)CN1C(=O)[C@H](C(C)C)N1Cc2ccccc2C1=O. The number of carbonyl (C=O) groups is 3. The van der Waals surface area contributed by atoms with Crippen LogP contribution in [0.15, 0.2) is 84.6 Å². The zero-order valence-corrected chi connectivity index (χ0v) is 43.8. The Morgan fingerprint density at radius 1 is 0.853 bits per heavy atom. The number of β-amino-alcohol motifs (C(OH)–C–C–N with tert-alkyl or cyclic N) is 1. The van der Waals surface area contributed by atoms with E-state index in [0.717, 1.165) is 21.7 Å². The Balaban J connectivity index is 0.729. The molecule has 3 N–H and O–H groups in total. The summed E-state index contributed by atoms with van der Waals surface area (Å²) in [5, 5.41) is 17.5. The summed E-state index contributed by atoms with van der Waals surface area (Å²) < 4.78 is 54.3. The number of rotatable bonds is 27. The number of ether oxygens (including phenoxy) is 7. The van der Waals surface area contributed by atoms with E-state index in [0.29, 0.717) is 104 Å². The normalized spacial score (nSPS) is 15.7. The fraction of sp³-hybridized carbons (Fsp3) is 0.407. The van der Waals surface area contributed by atoms with Crippen LogP contribution in [0.25, 0.3) is 21.3 Å². The smallest absolute Gasteiger partial charge is 0.255 e. The predicted octanol–water partition coefficient (Wildman–Crippen LogP) is 7.39. The lowest BCUT2D eigenvalue weighted by Gasteiger charge is -2.35. The molecule has 0 aliphatic carbocycles. The first kappa shape index (κ1) is 54.7. The van der Waals surface area contributed by atoms with E-state index in [1.807, 2.05) is 51.1 Å². The Hall–Kier alpha value is -6.52. The number of anilines is 2. The molecule has 0 saturated carbocycles. The zero-order chi connectivity index (χ0) is 52.8. The van der Waals surface area contributed by atoms with Crippen molar-refractivity contribution in [3.63, 3.8) is 0 Å². The summed E-state index contributed by atoms with van der Waals surface area (Å²) in [6.45, 7) is 9.31. The number of methoxy groups -OCH3 is 1. The molecule has 4 aromatic carbocycles. The van der Waals surface area contributed by atoms with Gasteiger partial charge in [0, 0.05) is 54.3 Å². The highest BCUT2D eigenvalue weighted by molar-refractivity contribution is 7.13. The van der Waals surface area contributed by atoms with E-state index in [-0.39, 0.29) is 62.1 Å². The molecule has 3 amide bonds. The minimum atomic E-state index is -0.922. The van der Waals surface area contributed by atoms with Crippen molar-refractivity contribution in [2.45, 2.75) is 58.5 Å². The number of nitrogens with zero attached hydrogens (tertiary/aromatic N) is 5. The molecule has 2 aromatic heterocycles. The van der Waals surface area contributed by atoms with Gasteiger partial charge in [-0.05, 0) is 60.4 Å². The van der Waals surface area contributed by atoms with Crippen molar-refractivity contribution < 1.29 is 57.0 Å². The topological polar surface area (TPSA) is 205 Å². The van der Waals surface area contributed by atoms with Gasteiger partial charge in [0.05, 0.1) is 92.7 Å². The lowest BCUT2D eigenvalue weighted by Crippen LogP contribution is -2.55. The standard InChI is InChI=1S/C54H61ClFN7O11S/c1-33(2)49(63-29-37-7-5-6-8-40(37)53(63)66)54(67)62-30-39(64)25-45(62)52(65)57-28-36-10-9-35(50-34(3)60-32-75-50)23-46(36)73-21-19-71-17-15-69-13-14-70-16-18-72-20-22-74-48-26-41-44(27-47(48)68-4)58-31-59-51(41)61-38-11-12-43(56)42(55)24-38/h5-12,23-24,26-27,31-33,39,45,49,64H,13-22,25,28-30H2,1-4H3,(H,57,65)(H,58,59,61)/t39-,45+,49+/m1/s1. The number of likely N-dealkylation sites (tertiary alicyclic amines) is 1. The van der Waals surface area contributed by atoms with Crippen molar-refractivity contribution >= 4 is 63.1 Å². The molecule has 1 saturated heterocycles. The van der Waals surface area contributed by atoms with Gasteiger partial charge in [-0.25, -0.2) is 19.3 Å². The van der Waals surface area contributed by atoms with E-state index in [1.165, 1.54) is 34.7 Å². The number of aliphatic hydroxyl groups is 1. The molecule has 21 heteroatoms. The van der Waals surface area contributed by atoms with Crippen LogP contribution >= 0.6 is 22.9 Å². The summed E-state index contributed by atoms with van der Waals surface area (Å²) in [6, 6.07) is 19.2. The van der Waals surface area contributed by atoms with Gasteiger partial charge in [-0.3, -0.25) is 14.4 Å². The molecule has 3 atom stereocenters. The van der Waals surface area contributed by atoms with E-state index in [1.54, 1.807) is 47.9 Å². The van der Waals surface area contributed by atoms with Crippen LogP contribution in [0.2, 0.25) is 5.02 Å². The van der Waals surface area contributed by atoms with Crippen LogP contribution in [0.1, 0.15) is 47.4 Å². The molecule has 18 nitrogen and oxygen atoms in total. The Kier molecular flexibility index (Phi) is 19.2. The number of amides is 3. The summed E-state index contributed by atoms with van der Waals surface area (Å²) >= 11 is 7.48. The fourth-order valence-electron chi connectivity index (χ4n) is 8.94. The predicted molar refractivity (Wildman–Crippen MR) is 280 cm³/mol. The Morgan fingerprint density at radius 2 is 1.55 bits per heavy atom. The molecule has 398 valence electrons.